The van der Waals surface area contributed by atoms with E-state index in [0.29, 0.717) is 6.54 Å². The van der Waals surface area contributed by atoms with Crippen LogP contribution in [-0.2, 0) is 33.5 Å². The van der Waals surface area contributed by atoms with E-state index in [9.17, 15) is 27.2 Å². The van der Waals surface area contributed by atoms with Crippen molar-refractivity contribution in [2.75, 3.05) is 26.2 Å². The molecule has 8 nitrogen and oxygen atoms in total. The molecule has 0 bridgehead atoms. The number of benzene rings is 1. The van der Waals surface area contributed by atoms with Crippen molar-refractivity contribution in [1.29, 1.82) is 0 Å². The van der Waals surface area contributed by atoms with Gasteiger partial charge in [-0.2, -0.15) is 13.2 Å². The number of ether oxygens (including phenoxy) is 1. The summed E-state index contributed by atoms with van der Waals surface area (Å²) in [6.07, 6.45) is -4.98. The number of rotatable bonds is 5. The van der Waals surface area contributed by atoms with Crippen molar-refractivity contribution >= 4 is 11.8 Å². The molecule has 188 valence electrons. The lowest BCUT2D eigenvalue weighted by molar-refractivity contribution is -0.148. The average molecular weight is 495 g/mol. The van der Waals surface area contributed by atoms with Gasteiger partial charge in [0.1, 0.15) is 12.4 Å². The van der Waals surface area contributed by atoms with Crippen molar-refractivity contribution in [3.63, 3.8) is 0 Å². The molecule has 1 aromatic carbocycles. The molecule has 2 amide bonds. The summed E-state index contributed by atoms with van der Waals surface area (Å²) < 4.78 is 59.8. The van der Waals surface area contributed by atoms with E-state index in [1.54, 1.807) is 4.90 Å². The van der Waals surface area contributed by atoms with Gasteiger partial charge in [-0.3, -0.25) is 9.59 Å². The van der Waals surface area contributed by atoms with Crippen LogP contribution in [0, 0.1) is 5.82 Å². The van der Waals surface area contributed by atoms with Gasteiger partial charge in [0, 0.05) is 43.2 Å². The highest BCUT2D eigenvalue weighted by Gasteiger charge is 2.39. The Balaban J connectivity index is 1.51. The van der Waals surface area contributed by atoms with Crippen molar-refractivity contribution in [3.8, 4) is 11.4 Å². The molecule has 3 heterocycles. The number of hydrogen-bond donors (Lipinski definition) is 1. The van der Waals surface area contributed by atoms with E-state index in [4.69, 9.17) is 10.5 Å². The number of morpholine rings is 1. The van der Waals surface area contributed by atoms with E-state index in [1.807, 2.05) is 6.92 Å². The average Bonchev–Trinajstić information content (AvgIpc) is 2.80. The first kappa shape index (κ1) is 25.0. The minimum atomic E-state index is -4.71. The van der Waals surface area contributed by atoms with Gasteiger partial charge in [0.2, 0.25) is 11.8 Å². The van der Waals surface area contributed by atoms with Crippen molar-refractivity contribution in [1.82, 2.24) is 19.8 Å². The smallest absolute Gasteiger partial charge is 0.367 e. The molecule has 2 atom stereocenters. The van der Waals surface area contributed by atoms with Gasteiger partial charge >= 0.3 is 6.18 Å². The van der Waals surface area contributed by atoms with Crippen LogP contribution in [0.2, 0.25) is 0 Å². The summed E-state index contributed by atoms with van der Waals surface area (Å²) in [6.45, 7) is 2.28. The zero-order valence-corrected chi connectivity index (χ0v) is 19.0. The Bertz CT molecular complexity index is 1110. The van der Waals surface area contributed by atoms with Crippen LogP contribution in [0.4, 0.5) is 17.6 Å². The molecule has 0 spiro atoms. The summed E-state index contributed by atoms with van der Waals surface area (Å²) in [5.74, 6) is -1.28. The third-order valence-electron chi connectivity index (χ3n) is 6.00. The Labute approximate surface area is 199 Å². The molecule has 0 saturated carbocycles. The van der Waals surface area contributed by atoms with Gasteiger partial charge in [-0.15, -0.1) is 0 Å². The number of nitrogens with two attached hydrogens (primary N) is 1. The largest absolute Gasteiger partial charge is 0.433 e. The lowest BCUT2D eigenvalue weighted by atomic mass is 10.0. The molecular formula is C23H25F4N5O3. The second kappa shape index (κ2) is 9.86. The Kier molecular flexibility index (Phi) is 7.04. The van der Waals surface area contributed by atoms with Crippen molar-refractivity contribution in [3.05, 3.63) is 47.0 Å². The van der Waals surface area contributed by atoms with Gasteiger partial charge in [0.25, 0.3) is 0 Å². The first-order chi connectivity index (χ1) is 16.5. The quantitative estimate of drug-likeness (QED) is 0.638. The van der Waals surface area contributed by atoms with E-state index in [-0.39, 0.29) is 79.6 Å². The van der Waals surface area contributed by atoms with Crippen molar-refractivity contribution in [2.24, 2.45) is 5.73 Å². The fraction of sp³-hybridized carbons (Fsp3) is 0.478. The van der Waals surface area contributed by atoms with Crippen molar-refractivity contribution < 1.29 is 31.9 Å². The molecule has 2 N–H and O–H groups in total. The molecule has 12 heteroatoms. The number of alkyl halides is 3. The third kappa shape index (κ3) is 5.76. The number of nitrogens with zero attached hydrogens (tertiary/aromatic N) is 4. The van der Waals surface area contributed by atoms with Gasteiger partial charge in [-0.1, -0.05) is 0 Å². The molecule has 4 rings (SSSR count). The summed E-state index contributed by atoms with van der Waals surface area (Å²) in [7, 11) is 0. The Morgan fingerprint density at radius 3 is 2.66 bits per heavy atom. The van der Waals surface area contributed by atoms with Crippen LogP contribution < -0.4 is 5.73 Å². The topological polar surface area (TPSA) is 102 Å². The lowest BCUT2D eigenvalue weighted by Gasteiger charge is -2.34. The molecule has 0 aliphatic carbocycles. The molecule has 2 aliphatic rings. The SMILES string of the molecule is C[C@H]1CN(C[C@@H](N)CC(=O)N2CCc3c(nc(-c4ccc(F)cc4)nc3C(F)(F)F)C2)C(=O)CO1. The first-order valence-electron chi connectivity index (χ1n) is 11.2. The Morgan fingerprint density at radius 2 is 1.97 bits per heavy atom. The van der Waals surface area contributed by atoms with Gasteiger partial charge in [0.05, 0.1) is 18.3 Å². The fourth-order valence-corrected chi connectivity index (χ4v) is 4.25. The molecule has 0 radical (unpaired) electrons. The standard InChI is InChI=1S/C23H25F4N5O3/c1-13-9-32(20(34)12-35-13)10-16(28)8-19(33)31-7-6-17-18(11-31)29-22(30-21(17)23(25,26)27)14-2-4-15(24)5-3-14/h2-5,13,16H,6-12,28H2,1H3/t13-,16-/m0/s1. The molecule has 2 aromatic rings. The highest BCUT2D eigenvalue weighted by atomic mass is 19.4. The maximum atomic E-state index is 13.8. The molecule has 2 aliphatic heterocycles. The van der Waals surface area contributed by atoms with Crippen LogP contribution in [0.5, 0.6) is 0 Å². The van der Waals surface area contributed by atoms with Crippen LogP contribution >= 0.6 is 0 Å². The van der Waals surface area contributed by atoms with Gasteiger partial charge in [-0.25, -0.2) is 14.4 Å². The number of carbonyl (C=O) groups is 2. The molecular weight excluding hydrogens is 470 g/mol. The van der Waals surface area contributed by atoms with Crippen LogP contribution in [0.3, 0.4) is 0 Å². The number of carbonyl (C=O) groups excluding carboxylic acids is 2. The number of fused-ring (bicyclic) bond motifs is 1. The molecule has 35 heavy (non-hydrogen) atoms. The maximum absolute atomic E-state index is 13.8. The predicted molar refractivity (Wildman–Crippen MR) is 116 cm³/mol. The van der Waals surface area contributed by atoms with E-state index < -0.39 is 23.7 Å². The number of aromatic nitrogens is 2. The van der Waals surface area contributed by atoms with Gasteiger partial charge in [-0.05, 0) is 37.6 Å². The van der Waals surface area contributed by atoms with Gasteiger partial charge in [0.15, 0.2) is 11.5 Å². The summed E-state index contributed by atoms with van der Waals surface area (Å²) in [4.78, 5) is 35.9. The maximum Gasteiger partial charge on any atom is 0.433 e. The number of hydrogen-bond acceptors (Lipinski definition) is 6. The minimum absolute atomic E-state index is 0.0393. The Morgan fingerprint density at radius 1 is 1.26 bits per heavy atom. The highest BCUT2D eigenvalue weighted by molar-refractivity contribution is 5.79. The third-order valence-corrected chi connectivity index (χ3v) is 6.00. The summed E-state index contributed by atoms with van der Waals surface area (Å²) >= 11 is 0. The normalized spacial score (nSPS) is 19.5. The molecule has 0 unspecified atom stereocenters. The monoisotopic (exact) mass is 495 g/mol. The number of halogens is 4. The lowest BCUT2D eigenvalue weighted by Crippen LogP contribution is -2.51. The second-order valence-corrected chi connectivity index (χ2v) is 8.78. The second-order valence-electron chi connectivity index (χ2n) is 8.78. The Hall–Kier alpha value is -3.12. The van der Waals surface area contributed by atoms with E-state index in [2.05, 4.69) is 9.97 Å². The van der Waals surface area contributed by atoms with E-state index >= 15 is 0 Å². The predicted octanol–water partition coefficient (Wildman–Crippen LogP) is 2.15. The number of amides is 2. The first-order valence-corrected chi connectivity index (χ1v) is 11.2. The van der Waals surface area contributed by atoms with Crippen LogP contribution in [-0.4, -0.2) is 70.0 Å². The van der Waals surface area contributed by atoms with Crippen LogP contribution in [0.15, 0.2) is 24.3 Å². The molecule has 1 saturated heterocycles. The van der Waals surface area contributed by atoms with Crippen LogP contribution in [0.1, 0.15) is 30.3 Å². The molecule has 1 fully saturated rings. The van der Waals surface area contributed by atoms with Gasteiger partial charge < -0.3 is 20.3 Å². The van der Waals surface area contributed by atoms with E-state index in [0.717, 1.165) is 12.1 Å². The minimum Gasteiger partial charge on any atom is -0.367 e. The zero-order chi connectivity index (χ0) is 25.3. The highest BCUT2D eigenvalue weighted by Crippen LogP contribution is 2.35. The fourth-order valence-electron chi connectivity index (χ4n) is 4.25. The molecule has 1 aromatic heterocycles. The van der Waals surface area contributed by atoms with E-state index in [1.165, 1.54) is 17.0 Å². The van der Waals surface area contributed by atoms with Crippen molar-refractivity contribution in [2.45, 2.75) is 44.6 Å². The summed E-state index contributed by atoms with van der Waals surface area (Å²) in [5.41, 5.74) is 5.34. The zero-order valence-electron chi connectivity index (χ0n) is 19.0. The van der Waals surface area contributed by atoms with Crippen LogP contribution in [0.25, 0.3) is 11.4 Å². The summed E-state index contributed by atoms with van der Waals surface area (Å²) in [6, 6.07) is 4.19. The summed E-state index contributed by atoms with van der Waals surface area (Å²) in [5, 5.41) is 0.